The van der Waals surface area contributed by atoms with E-state index in [1.165, 1.54) is 6.07 Å². The molecule has 1 aromatic carbocycles. The van der Waals surface area contributed by atoms with Crippen LogP contribution < -0.4 is 10.6 Å². The monoisotopic (exact) mass is 406 g/mol. The fourth-order valence-electron chi connectivity index (χ4n) is 3.15. The molecule has 6 nitrogen and oxygen atoms in total. The van der Waals surface area contributed by atoms with Crippen molar-refractivity contribution >= 4 is 29.1 Å². The van der Waals surface area contributed by atoms with Crippen LogP contribution in [0.25, 0.3) is 0 Å². The number of nitrogens with zero attached hydrogens (tertiary/aromatic N) is 2. The lowest BCUT2D eigenvalue weighted by atomic mass is 9.93. The standard InChI is InChI=1S/C19H20F2N4O2S/c1-4-7-25-11(3)16(18(26)22-15-8-10(2)27-24-15)17(23-19(25)28)13-6-5-12(20)9-14(13)21/h5-6,8-9,17H,4,7H2,1-3H3,(H,23,28)(H,22,24,26)/t17-/m0/s1. The molecule has 1 aliphatic heterocycles. The summed E-state index contributed by atoms with van der Waals surface area (Å²) in [6.45, 7) is 6.03. The number of nitrogens with one attached hydrogen (secondary N) is 2. The average Bonchev–Trinajstić information content (AvgIpc) is 3.02. The third kappa shape index (κ3) is 3.89. The molecule has 2 N–H and O–H groups in total. The highest BCUT2D eigenvalue weighted by Gasteiger charge is 2.35. The van der Waals surface area contributed by atoms with Gasteiger partial charge in [-0.15, -0.1) is 0 Å². The maximum atomic E-state index is 14.5. The fourth-order valence-corrected chi connectivity index (χ4v) is 3.49. The molecule has 1 aromatic heterocycles. The van der Waals surface area contributed by atoms with E-state index in [0.29, 0.717) is 23.1 Å². The van der Waals surface area contributed by atoms with Crippen LogP contribution in [0.2, 0.25) is 0 Å². The van der Waals surface area contributed by atoms with E-state index in [2.05, 4.69) is 15.8 Å². The van der Waals surface area contributed by atoms with Gasteiger partial charge in [-0.3, -0.25) is 4.79 Å². The van der Waals surface area contributed by atoms with Crippen LogP contribution in [0.5, 0.6) is 0 Å². The Bertz CT molecular complexity index is 957. The summed E-state index contributed by atoms with van der Waals surface area (Å²) in [6, 6.07) is 3.94. The molecule has 1 atom stereocenters. The van der Waals surface area contributed by atoms with Gasteiger partial charge in [-0.1, -0.05) is 18.1 Å². The molecule has 2 aromatic rings. The minimum atomic E-state index is -0.866. The van der Waals surface area contributed by atoms with E-state index >= 15 is 0 Å². The summed E-state index contributed by atoms with van der Waals surface area (Å²) >= 11 is 5.41. The number of hydrogen-bond acceptors (Lipinski definition) is 4. The van der Waals surface area contributed by atoms with Crippen molar-refractivity contribution in [1.29, 1.82) is 0 Å². The molecule has 0 spiro atoms. The van der Waals surface area contributed by atoms with Crippen LogP contribution >= 0.6 is 12.2 Å². The lowest BCUT2D eigenvalue weighted by Crippen LogP contribution is -2.48. The van der Waals surface area contributed by atoms with Gasteiger partial charge in [0.05, 0.1) is 11.6 Å². The van der Waals surface area contributed by atoms with Crippen LogP contribution in [-0.4, -0.2) is 27.6 Å². The van der Waals surface area contributed by atoms with E-state index in [1.807, 2.05) is 6.92 Å². The van der Waals surface area contributed by atoms with E-state index in [0.717, 1.165) is 18.6 Å². The van der Waals surface area contributed by atoms with Gasteiger partial charge in [-0.05, 0) is 38.6 Å². The van der Waals surface area contributed by atoms with Crippen molar-refractivity contribution in [2.24, 2.45) is 0 Å². The molecule has 1 aliphatic rings. The molecule has 0 saturated carbocycles. The van der Waals surface area contributed by atoms with E-state index in [-0.39, 0.29) is 17.0 Å². The van der Waals surface area contributed by atoms with Gasteiger partial charge in [-0.2, -0.15) is 0 Å². The molecule has 28 heavy (non-hydrogen) atoms. The van der Waals surface area contributed by atoms with Gasteiger partial charge in [0.1, 0.15) is 17.4 Å². The number of aromatic nitrogens is 1. The normalized spacial score (nSPS) is 17.0. The highest BCUT2D eigenvalue weighted by atomic mass is 32.1. The number of carbonyl (C=O) groups is 1. The number of carbonyl (C=O) groups excluding carboxylic acids is 1. The number of amides is 1. The summed E-state index contributed by atoms with van der Waals surface area (Å²) in [4.78, 5) is 14.8. The van der Waals surface area contributed by atoms with E-state index < -0.39 is 23.6 Å². The summed E-state index contributed by atoms with van der Waals surface area (Å²) < 4.78 is 32.8. The lowest BCUT2D eigenvalue weighted by molar-refractivity contribution is -0.113. The third-order valence-electron chi connectivity index (χ3n) is 4.43. The molecule has 148 valence electrons. The largest absolute Gasteiger partial charge is 0.360 e. The Balaban J connectivity index is 2.06. The first-order chi connectivity index (χ1) is 13.3. The number of thiocarbonyl (C=S) groups is 1. The predicted octanol–water partition coefficient (Wildman–Crippen LogP) is 3.82. The number of aryl methyl sites for hydroxylation is 1. The van der Waals surface area contributed by atoms with E-state index in [9.17, 15) is 13.6 Å². The van der Waals surface area contributed by atoms with Gasteiger partial charge in [-0.25, -0.2) is 8.78 Å². The predicted molar refractivity (Wildman–Crippen MR) is 104 cm³/mol. The summed E-state index contributed by atoms with van der Waals surface area (Å²) in [6.07, 6.45) is 0.798. The molecule has 0 bridgehead atoms. The van der Waals surface area contributed by atoms with Gasteiger partial charge >= 0.3 is 0 Å². The molecule has 9 heteroatoms. The Hall–Kier alpha value is -2.81. The average molecular weight is 406 g/mol. The van der Waals surface area contributed by atoms with Crippen molar-refractivity contribution in [2.45, 2.75) is 33.2 Å². The van der Waals surface area contributed by atoms with Gasteiger partial charge in [0.2, 0.25) is 0 Å². The maximum Gasteiger partial charge on any atom is 0.257 e. The van der Waals surface area contributed by atoms with Gasteiger partial charge in [0, 0.05) is 29.9 Å². The molecule has 0 unspecified atom stereocenters. The quantitative estimate of drug-likeness (QED) is 0.736. The van der Waals surface area contributed by atoms with Gasteiger partial charge < -0.3 is 20.1 Å². The Morgan fingerprint density at radius 3 is 2.71 bits per heavy atom. The zero-order valence-corrected chi connectivity index (χ0v) is 16.5. The Labute approximate surface area is 166 Å². The zero-order chi connectivity index (χ0) is 20.4. The second-order valence-corrected chi connectivity index (χ2v) is 6.86. The smallest absolute Gasteiger partial charge is 0.257 e. The summed E-state index contributed by atoms with van der Waals surface area (Å²) in [7, 11) is 0. The zero-order valence-electron chi connectivity index (χ0n) is 15.7. The maximum absolute atomic E-state index is 14.5. The first-order valence-corrected chi connectivity index (χ1v) is 9.21. The minimum Gasteiger partial charge on any atom is -0.360 e. The highest BCUT2D eigenvalue weighted by molar-refractivity contribution is 7.80. The molecule has 3 rings (SSSR count). The topological polar surface area (TPSA) is 70.4 Å². The number of allylic oxidation sites excluding steroid dienone is 1. The second kappa shape index (κ2) is 8.05. The Kier molecular flexibility index (Phi) is 5.73. The van der Waals surface area contributed by atoms with Crippen LogP contribution in [0, 0.1) is 18.6 Å². The first kappa shape index (κ1) is 19.9. The van der Waals surface area contributed by atoms with E-state index in [4.69, 9.17) is 16.7 Å². The van der Waals surface area contributed by atoms with Crippen molar-refractivity contribution in [2.75, 3.05) is 11.9 Å². The molecular formula is C19H20F2N4O2S. The van der Waals surface area contributed by atoms with Gasteiger partial charge in [0.25, 0.3) is 5.91 Å². The molecule has 2 heterocycles. The van der Waals surface area contributed by atoms with Crippen LogP contribution in [0.3, 0.4) is 0 Å². The molecular weight excluding hydrogens is 386 g/mol. The Morgan fingerprint density at radius 1 is 1.36 bits per heavy atom. The van der Waals surface area contributed by atoms with Crippen LogP contribution in [0.15, 0.2) is 40.1 Å². The summed E-state index contributed by atoms with van der Waals surface area (Å²) in [5, 5.41) is 9.81. The molecule has 0 fully saturated rings. The highest BCUT2D eigenvalue weighted by Crippen LogP contribution is 2.33. The van der Waals surface area contributed by atoms with Crippen LogP contribution in [0.1, 0.15) is 37.6 Å². The minimum absolute atomic E-state index is 0.126. The number of halogens is 2. The van der Waals surface area contributed by atoms with Crippen molar-refractivity contribution in [3.63, 3.8) is 0 Å². The number of anilines is 1. The van der Waals surface area contributed by atoms with Crippen LogP contribution in [-0.2, 0) is 4.79 Å². The first-order valence-electron chi connectivity index (χ1n) is 8.80. The van der Waals surface area contributed by atoms with E-state index in [1.54, 1.807) is 24.8 Å². The molecule has 0 radical (unpaired) electrons. The van der Waals surface area contributed by atoms with Gasteiger partial charge in [0.15, 0.2) is 10.9 Å². The fraction of sp³-hybridized carbons (Fsp3) is 0.316. The molecule has 0 aliphatic carbocycles. The summed E-state index contributed by atoms with van der Waals surface area (Å²) in [5.74, 6) is -1.15. The lowest BCUT2D eigenvalue weighted by Gasteiger charge is -2.37. The Morgan fingerprint density at radius 2 is 2.11 bits per heavy atom. The summed E-state index contributed by atoms with van der Waals surface area (Å²) in [5.41, 5.74) is 0.992. The molecule has 1 amide bonds. The van der Waals surface area contributed by atoms with Crippen molar-refractivity contribution in [1.82, 2.24) is 15.4 Å². The third-order valence-corrected chi connectivity index (χ3v) is 4.77. The number of benzene rings is 1. The number of hydrogen-bond donors (Lipinski definition) is 2. The number of rotatable bonds is 5. The second-order valence-electron chi connectivity index (χ2n) is 6.48. The SMILES string of the molecule is CCCN1C(=S)N[C@@H](c2ccc(F)cc2F)C(C(=O)Nc2cc(C)on2)=C1C. The van der Waals surface area contributed by atoms with Crippen LogP contribution in [0.4, 0.5) is 14.6 Å². The molecule has 0 saturated heterocycles. The van der Waals surface area contributed by atoms with Crippen molar-refractivity contribution in [3.05, 3.63) is 58.5 Å². The van der Waals surface area contributed by atoms with Crippen molar-refractivity contribution in [3.8, 4) is 0 Å². The van der Waals surface area contributed by atoms with Crippen molar-refractivity contribution < 1.29 is 18.1 Å².